The summed E-state index contributed by atoms with van der Waals surface area (Å²) < 4.78 is 5.09. The van der Waals surface area contributed by atoms with Gasteiger partial charge in [0.2, 0.25) is 5.78 Å². The number of phenols is 9. The standard InChI is InChI=1S/C27H24O18/c28-10-1-7(2-11(29)17(10)35)16(34)20(38)25-26(43,21(39)8-3-12(30)18(36)13(31)4-8)23(41)24(42)27(44,45-25)22(40)9-5-14(32)19(37)15(33)6-9/h1-6,20,23-25,28-33,35-38,41-44H/t20?,23-,24-,25-,26+,27-/m1/s1. The van der Waals surface area contributed by atoms with Crippen molar-refractivity contribution in [1.29, 1.82) is 0 Å². The predicted octanol–water partition coefficient (Wildman–Crippen LogP) is -2.11. The van der Waals surface area contributed by atoms with Crippen LogP contribution in [-0.2, 0) is 4.74 Å². The van der Waals surface area contributed by atoms with E-state index in [0.29, 0.717) is 36.4 Å². The van der Waals surface area contributed by atoms with Gasteiger partial charge >= 0.3 is 0 Å². The third kappa shape index (κ3) is 5.02. The van der Waals surface area contributed by atoms with Crippen LogP contribution in [0.1, 0.15) is 31.1 Å². The van der Waals surface area contributed by atoms with E-state index < -0.39 is 122 Å². The SMILES string of the molecule is O=C(c1cc(O)c(O)c(O)c1)C(O)[C@H]1O[C@](O)(C(=O)c2cc(O)c(O)c(O)c2)[C@H](O)[C@@H](O)[C@@]1(O)C(=O)c1cc(O)c(O)c(O)c1. The Balaban J connectivity index is 1.90. The molecular weight excluding hydrogens is 612 g/mol. The molecule has 1 fully saturated rings. The molecule has 0 spiro atoms. The number of phenolic OH excluding ortho intramolecular Hbond substituents is 9. The summed E-state index contributed by atoms with van der Waals surface area (Å²) >= 11 is 0. The van der Waals surface area contributed by atoms with Gasteiger partial charge in [-0.1, -0.05) is 0 Å². The minimum atomic E-state index is -3.84. The first-order valence-electron chi connectivity index (χ1n) is 12.3. The Morgan fingerprint density at radius 1 is 0.578 bits per heavy atom. The molecule has 0 bridgehead atoms. The smallest absolute Gasteiger partial charge is 0.261 e. The average Bonchev–Trinajstić information content (AvgIpc) is 2.99. The van der Waals surface area contributed by atoms with Gasteiger partial charge in [-0.2, -0.15) is 0 Å². The summed E-state index contributed by atoms with van der Waals surface area (Å²) in [4.78, 5) is 40.2. The summed E-state index contributed by atoms with van der Waals surface area (Å²) in [5.41, 5.74) is -6.54. The zero-order chi connectivity index (χ0) is 33.9. The molecule has 3 aromatic carbocycles. The van der Waals surface area contributed by atoms with Crippen molar-refractivity contribution in [3.8, 4) is 51.7 Å². The van der Waals surface area contributed by atoms with E-state index >= 15 is 0 Å². The minimum Gasteiger partial charge on any atom is -0.504 e. The first-order chi connectivity index (χ1) is 20.8. The second kappa shape index (κ2) is 11.0. The van der Waals surface area contributed by atoms with Crippen LogP contribution in [0.3, 0.4) is 0 Å². The number of ketones is 3. The maximum absolute atomic E-state index is 13.6. The maximum atomic E-state index is 13.6. The molecule has 1 saturated heterocycles. The van der Waals surface area contributed by atoms with E-state index in [0.717, 1.165) is 0 Å². The highest BCUT2D eigenvalue weighted by molar-refractivity contribution is 6.08. The van der Waals surface area contributed by atoms with E-state index in [1.54, 1.807) is 0 Å². The van der Waals surface area contributed by atoms with Crippen molar-refractivity contribution in [1.82, 2.24) is 0 Å². The highest BCUT2D eigenvalue weighted by atomic mass is 16.7. The molecule has 1 heterocycles. The molecule has 0 aromatic heterocycles. The van der Waals surface area contributed by atoms with Crippen molar-refractivity contribution in [3.63, 3.8) is 0 Å². The Kier molecular flexibility index (Phi) is 7.93. The van der Waals surface area contributed by atoms with Gasteiger partial charge in [0.05, 0.1) is 0 Å². The van der Waals surface area contributed by atoms with E-state index in [2.05, 4.69) is 0 Å². The van der Waals surface area contributed by atoms with Crippen LogP contribution < -0.4 is 0 Å². The molecule has 0 radical (unpaired) electrons. The molecule has 0 amide bonds. The van der Waals surface area contributed by atoms with Gasteiger partial charge in [-0.05, 0) is 36.4 Å². The molecule has 0 saturated carbocycles. The lowest BCUT2D eigenvalue weighted by Crippen LogP contribution is -2.77. The zero-order valence-electron chi connectivity index (χ0n) is 22.2. The van der Waals surface area contributed by atoms with Crippen LogP contribution >= 0.6 is 0 Å². The third-order valence-electron chi connectivity index (χ3n) is 7.15. The molecule has 45 heavy (non-hydrogen) atoms. The normalized spacial score (nSPS) is 25.4. The van der Waals surface area contributed by atoms with Crippen molar-refractivity contribution in [2.75, 3.05) is 0 Å². The predicted molar refractivity (Wildman–Crippen MR) is 140 cm³/mol. The second-order valence-electron chi connectivity index (χ2n) is 10.0. The van der Waals surface area contributed by atoms with Crippen LogP contribution in [0.25, 0.3) is 0 Å². The first-order valence-corrected chi connectivity index (χ1v) is 12.3. The zero-order valence-corrected chi connectivity index (χ0v) is 22.2. The fourth-order valence-electron chi connectivity index (χ4n) is 4.70. The van der Waals surface area contributed by atoms with E-state index in [9.17, 15) is 85.9 Å². The molecule has 6 atom stereocenters. The molecule has 18 heteroatoms. The molecule has 1 aliphatic rings. The van der Waals surface area contributed by atoms with Crippen molar-refractivity contribution < 1.29 is 90.6 Å². The fraction of sp³-hybridized carbons (Fsp3) is 0.222. The van der Waals surface area contributed by atoms with Gasteiger partial charge in [0.25, 0.3) is 5.79 Å². The monoisotopic (exact) mass is 636 g/mol. The average molecular weight is 636 g/mol. The number of ether oxygens (including phenoxy) is 1. The Bertz CT molecular complexity index is 1670. The lowest BCUT2D eigenvalue weighted by molar-refractivity contribution is -0.343. The molecular formula is C27H24O18. The number of carbonyl (C=O) groups excluding carboxylic acids is 3. The van der Waals surface area contributed by atoms with E-state index in [4.69, 9.17) is 4.74 Å². The summed E-state index contributed by atoms with van der Waals surface area (Å²) in [6.45, 7) is 0. The van der Waals surface area contributed by atoms with Crippen LogP contribution in [0.2, 0.25) is 0 Å². The number of hydrogen-bond donors (Lipinski definition) is 14. The van der Waals surface area contributed by atoms with Gasteiger partial charge < -0.3 is 76.2 Å². The Morgan fingerprint density at radius 3 is 1.29 bits per heavy atom. The summed E-state index contributed by atoms with van der Waals surface area (Å²) in [6, 6.07) is 2.75. The van der Waals surface area contributed by atoms with Gasteiger partial charge in [0.1, 0.15) is 24.4 Å². The van der Waals surface area contributed by atoms with E-state index in [-0.39, 0.29) is 0 Å². The number of rotatable bonds is 7. The number of hydrogen-bond acceptors (Lipinski definition) is 18. The molecule has 240 valence electrons. The van der Waals surface area contributed by atoms with E-state index in [1.165, 1.54) is 0 Å². The van der Waals surface area contributed by atoms with Crippen molar-refractivity contribution in [2.45, 2.75) is 35.8 Å². The van der Waals surface area contributed by atoms with E-state index in [1.807, 2.05) is 0 Å². The number of aliphatic hydroxyl groups excluding tert-OH is 3. The largest absolute Gasteiger partial charge is 0.504 e. The molecule has 3 aromatic rings. The summed E-state index contributed by atoms with van der Waals surface area (Å²) in [7, 11) is 0. The molecule has 4 rings (SSSR count). The van der Waals surface area contributed by atoms with Crippen molar-refractivity contribution in [2.24, 2.45) is 0 Å². The highest BCUT2D eigenvalue weighted by Crippen LogP contribution is 2.45. The number of Topliss-reactive ketones (excluding diaryl/α,β-unsaturated/α-hetero) is 3. The molecule has 14 N–H and O–H groups in total. The topological polar surface area (TPSA) is 344 Å². The lowest BCUT2D eigenvalue weighted by Gasteiger charge is -2.51. The minimum absolute atomic E-state index is 0.434. The van der Waals surface area contributed by atoms with Gasteiger partial charge in [0.15, 0.2) is 68.9 Å². The van der Waals surface area contributed by atoms with Gasteiger partial charge in [-0.25, -0.2) is 0 Å². The molecule has 18 nitrogen and oxygen atoms in total. The first kappa shape index (κ1) is 32.5. The van der Waals surface area contributed by atoms with Gasteiger partial charge in [0, 0.05) is 16.7 Å². The summed E-state index contributed by atoms with van der Waals surface area (Å²) in [5, 5.41) is 143. The highest BCUT2D eigenvalue weighted by Gasteiger charge is 2.68. The summed E-state index contributed by atoms with van der Waals surface area (Å²) in [5.74, 6) is -19.4. The Labute approximate surface area is 249 Å². The third-order valence-corrected chi connectivity index (χ3v) is 7.15. The molecule has 1 aliphatic heterocycles. The Hall–Kier alpha value is -5.37. The van der Waals surface area contributed by atoms with Crippen LogP contribution in [-0.4, -0.2) is 125 Å². The molecule has 1 unspecified atom stereocenters. The fourth-order valence-corrected chi connectivity index (χ4v) is 4.70. The van der Waals surface area contributed by atoms with Gasteiger partial charge in [-0.15, -0.1) is 0 Å². The number of aromatic hydroxyl groups is 9. The van der Waals surface area contributed by atoms with Crippen molar-refractivity contribution >= 4 is 17.3 Å². The number of aliphatic hydroxyl groups is 5. The van der Waals surface area contributed by atoms with Crippen LogP contribution in [0.4, 0.5) is 0 Å². The lowest BCUT2D eigenvalue weighted by atomic mass is 9.72. The number of benzene rings is 3. The van der Waals surface area contributed by atoms with Crippen LogP contribution in [0, 0.1) is 0 Å². The van der Waals surface area contributed by atoms with Crippen LogP contribution in [0.5, 0.6) is 51.7 Å². The van der Waals surface area contributed by atoms with Crippen LogP contribution in [0.15, 0.2) is 36.4 Å². The summed E-state index contributed by atoms with van der Waals surface area (Å²) in [6.07, 6.45) is -12.2. The second-order valence-corrected chi connectivity index (χ2v) is 10.0. The quantitative estimate of drug-likeness (QED) is 0.0973. The molecule has 0 aliphatic carbocycles. The van der Waals surface area contributed by atoms with Gasteiger partial charge in [-0.3, -0.25) is 14.4 Å². The Morgan fingerprint density at radius 2 is 0.911 bits per heavy atom. The maximum Gasteiger partial charge on any atom is 0.261 e. The van der Waals surface area contributed by atoms with Crippen molar-refractivity contribution in [3.05, 3.63) is 53.1 Å². The number of carbonyl (C=O) groups is 3.